The molecule has 0 heterocycles. The van der Waals surface area contributed by atoms with Crippen molar-refractivity contribution in [3.05, 3.63) is 47.5 Å². The van der Waals surface area contributed by atoms with Gasteiger partial charge in [0.2, 0.25) is 10.0 Å². The molecule has 6 nitrogen and oxygen atoms in total. The summed E-state index contributed by atoms with van der Waals surface area (Å²) in [5, 5.41) is 0.552. The number of benzene rings is 2. The lowest BCUT2D eigenvalue weighted by molar-refractivity contribution is 0.322. The second-order valence-electron chi connectivity index (χ2n) is 4.72. The highest BCUT2D eigenvalue weighted by molar-refractivity contribution is 7.89. The van der Waals surface area contributed by atoms with Crippen molar-refractivity contribution >= 4 is 21.6 Å². The molecule has 2 aromatic carbocycles. The lowest BCUT2D eigenvalue weighted by atomic mass is 10.3. The van der Waals surface area contributed by atoms with Crippen LogP contribution in [-0.4, -0.2) is 35.8 Å². The number of hydrogen-bond acceptors (Lipinski definition) is 5. The zero-order valence-corrected chi connectivity index (χ0v) is 14.9. The Labute approximate surface area is 146 Å². The summed E-state index contributed by atoms with van der Waals surface area (Å²) in [5.41, 5.74) is 0. The highest BCUT2D eigenvalue weighted by Gasteiger charge is 2.19. The van der Waals surface area contributed by atoms with Gasteiger partial charge in [-0.2, -0.15) is 0 Å². The maximum atomic E-state index is 12.4. The molecule has 0 aliphatic heterocycles. The van der Waals surface area contributed by atoms with Crippen molar-refractivity contribution in [2.75, 3.05) is 27.4 Å². The van der Waals surface area contributed by atoms with E-state index in [4.69, 9.17) is 25.8 Å². The van der Waals surface area contributed by atoms with E-state index in [2.05, 4.69) is 4.72 Å². The molecular formula is C16H18ClNO5S. The Morgan fingerprint density at radius 2 is 1.83 bits per heavy atom. The van der Waals surface area contributed by atoms with Crippen LogP contribution in [0.25, 0.3) is 0 Å². The first kappa shape index (κ1) is 18.4. The maximum absolute atomic E-state index is 12.4. The van der Waals surface area contributed by atoms with Crippen molar-refractivity contribution in [3.8, 4) is 17.2 Å². The second-order valence-corrected chi connectivity index (χ2v) is 6.89. The fourth-order valence-corrected chi connectivity index (χ4v) is 3.32. The molecule has 0 aliphatic rings. The zero-order valence-electron chi connectivity index (χ0n) is 13.3. The van der Waals surface area contributed by atoms with E-state index in [9.17, 15) is 8.42 Å². The fourth-order valence-electron chi connectivity index (χ4n) is 1.98. The van der Waals surface area contributed by atoms with Crippen LogP contribution in [0.3, 0.4) is 0 Å². The van der Waals surface area contributed by atoms with Crippen LogP contribution in [0.1, 0.15) is 0 Å². The molecule has 0 radical (unpaired) electrons. The topological polar surface area (TPSA) is 73.9 Å². The molecular weight excluding hydrogens is 354 g/mol. The lowest BCUT2D eigenvalue weighted by Gasteiger charge is -2.12. The summed E-state index contributed by atoms with van der Waals surface area (Å²) >= 11 is 5.85. The van der Waals surface area contributed by atoms with Crippen LogP contribution < -0.4 is 18.9 Å². The van der Waals surface area contributed by atoms with Crippen LogP contribution in [0, 0.1) is 0 Å². The van der Waals surface area contributed by atoms with Crippen molar-refractivity contribution < 1.29 is 22.6 Å². The molecule has 0 saturated carbocycles. The van der Waals surface area contributed by atoms with Gasteiger partial charge in [-0.15, -0.1) is 0 Å². The van der Waals surface area contributed by atoms with Crippen LogP contribution >= 0.6 is 11.6 Å². The van der Waals surface area contributed by atoms with E-state index in [0.29, 0.717) is 16.5 Å². The quantitative estimate of drug-likeness (QED) is 0.722. The van der Waals surface area contributed by atoms with E-state index >= 15 is 0 Å². The Hall–Kier alpha value is -1.96. The molecule has 2 rings (SSSR count). The third-order valence-electron chi connectivity index (χ3n) is 3.12. The molecule has 0 fully saturated rings. The van der Waals surface area contributed by atoms with Gasteiger partial charge in [-0.3, -0.25) is 0 Å². The van der Waals surface area contributed by atoms with Crippen LogP contribution in [0.2, 0.25) is 5.02 Å². The largest absolute Gasteiger partial charge is 0.497 e. The SMILES string of the molecule is COc1ccc(S(=O)(=O)NCCOc2cccc(Cl)c2)c(OC)c1. The Morgan fingerprint density at radius 3 is 2.50 bits per heavy atom. The highest BCUT2D eigenvalue weighted by atomic mass is 35.5. The smallest absolute Gasteiger partial charge is 0.244 e. The van der Waals surface area contributed by atoms with Gasteiger partial charge in [0.1, 0.15) is 28.8 Å². The maximum Gasteiger partial charge on any atom is 0.244 e. The molecule has 0 aliphatic carbocycles. The van der Waals surface area contributed by atoms with Crippen molar-refractivity contribution in [2.24, 2.45) is 0 Å². The van der Waals surface area contributed by atoms with Gasteiger partial charge in [0.15, 0.2) is 0 Å². The zero-order chi connectivity index (χ0) is 17.6. The molecule has 0 bridgehead atoms. The van der Waals surface area contributed by atoms with Gasteiger partial charge in [-0.25, -0.2) is 13.1 Å². The van der Waals surface area contributed by atoms with E-state index in [0.717, 1.165) is 0 Å². The Kier molecular flexibility index (Phi) is 6.30. The van der Waals surface area contributed by atoms with Gasteiger partial charge in [0.25, 0.3) is 0 Å². The van der Waals surface area contributed by atoms with Crippen molar-refractivity contribution in [1.29, 1.82) is 0 Å². The minimum Gasteiger partial charge on any atom is -0.497 e. The average molecular weight is 372 g/mol. The molecule has 24 heavy (non-hydrogen) atoms. The third-order valence-corrected chi connectivity index (χ3v) is 4.85. The number of halogens is 1. The highest BCUT2D eigenvalue weighted by Crippen LogP contribution is 2.28. The van der Waals surface area contributed by atoms with Gasteiger partial charge in [-0.1, -0.05) is 17.7 Å². The summed E-state index contributed by atoms with van der Waals surface area (Å²) in [7, 11) is -0.834. The van der Waals surface area contributed by atoms with Crippen LogP contribution in [-0.2, 0) is 10.0 Å². The molecule has 0 aromatic heterocycles. The summed E-state index contributed by atoms with van der Waals surface area (Å²) < 4.78 is 42.8. The van der Waals surface area contributed by atoms with E-state index in [1.54, 1.807) is 30.3 Å². The lowest BCUT2D eigenvalue weighted by Crippen LogP contribution is -2.28. The summed E-state index contributed by atoms with van der Waals surface area (Å²) in [6, 6.07) is 11.4. The van der Waals surface area contributed by atoms with Crippen LogP contribution in [0.15, 0.2) is 47.4 Å². The van der Waals surface area contributed by atoms with Crippen molar-refractivity contribution in [2.45, 2.75) is 4.90 Å². The molecule has 0 amide bonds. The summed E-state index contributed by atoms with van der Waals surface area (Å²) in [6.07, 6.45) is 0. The Balaban J connectivity index is 1.98. The Morgan fingerprint density at radius 1 is 1.04 bits per heavy atom. The summed E-state index contributed by atoms with van der Waals surface area (Å²) in [6.45, 7) is 0.266. The standard InChI is InChI=1S/C16H18ClNO5S/c1-21-13-6-7-16(15(11-13)22-2)24(19,20)18-8-9-23-14-5-3-4-12(17)10-14/h3-7,10-11,18H,8-9H2,1-2H3. The monoisotopic (exact) mass is 371 g/mol. The molecule has 0 spiro atoms. The molecule has 0 atom stereocenters. The number of hydrogen-bond donors (Lipinski definition) is 1. The van der Waals surface area contributed by atoms with Crippen LogP contribution in [0.4, 0.5) is 0 Å². The first-order valence-corrected chi connectivity index (χ1v) is 8.92. The van der Waals surface area contributed by atoms with Gasteiger partial charge in [-0.05, 0) is 30.3 Å². The average Bonchev–Trinajstić information content (AvgIpc) is 2.58. The van der Waals surface area contributed by atoms with Gasteiger partial charge < -0.3 is 14.2 Å². The summed E-state index contributed by atoms with van der Waals surface area (Å²) in [5.74, 6) is 1.29. The first-order chi connectivity index (χ1) is 11.5. The molecule has 8 heteroatoms. The van der Waals surface area contributed by atoms with Crippen molar-refractivity contribution in [1.82, 2.24) is 4.72 Å². The third kappa shape index (κ3) is 4.77. The van der Waals surface area contributed by atoms with Gasteiger partial charge in [0, 0.05) is 17.6 Å². The number of rotatable bonds is 8. The summed E-state index contributed by atoms with van der Waals surface area (Å²) in [4.78, 5) is 0.0357. The fraction of sp³-hybridized carbons (Fsp3) is 0.250. The minimum atomic E-state index is -3.73. The molecule has 0 unspecified atom stereocenters. The van der Waals surface area contributed by atoms with E-state index in [1.165, 1.54) is 26.4 Å². The van der Waals surface area contributed by atoms with E-state index in [1.807, 2.05) is 0 Å². The number of nitrogens with one attached hydrogen (secondary N) is 1. The van der Waals surface area contributed by atoms with E-state index in [-0.39, 0.29) is 23.8 Å². The predicted molar refractivity (Wildman–Crippen MR) is 91.7 cm³/mol. The Bertz CT molecular complexity index is 795. The predicted octanol–water partition coefficient (Wildman–Crippen LogP) is 2.71. The number of ether oxygens (including phenoxy) is 3. The van der Waals surface area contributed by atoms with Gasteiger partial charge >= 0.3 is 0 Å². The molecule has 0 saturated heterocycles. The van der Waals surface area contributed by atoms with E-state index < -0.39 is 10.0 Å². The van der Waals surface area contributed by atoms with Crippen molar-refractivity contribution in [3.63, 3.8) is 0 Å². The first-order valence-electron chi connectivity index (χ1n) is 7.06. The molecule has 1 N–H and O–H groups in total. The minimum absolute atomic E-state index is 0.0357. The van der Waals surface area contributed by atoms with Crippen LogP contribution in [0.5, 0.6) is 17.2 Å². The number of methoxy groups -OCH3 is 2. The number of sulfonamides is 1. The molecule has 2 aromatic rings. The second kappa shape index (κ2) is 8.23. The molecule has 130 valence electrons. The van der Waals surface area contributed by atoms with Gasteiger partial charge in [0.05, 0.1) is 14.2 Å². The normalized spacial score (nSPS) is 11.1.